The van der Waals surface area contributed by atoms with E-state index in [1.54, 1.807) is 12.2 Å². The zero-order chi connectivity index (χ0) is 25.3. The second kappa shape index (κ2) is 9.59. The number of carbonyl (C=O) groups excluding carboxylic acids is 2. The lowest BCUT2D eigenvalue weighted by Crippen LogP contribution is -2.58. The number of carboxylic acids is 1. The molecule has 3 atom stereocenters. The van der Waals surface area contributed by atoms with Gasteiger partial charge in [-0.2, -0.15) is 13.2 Å². The van der Waals surface area contributed by atoms with Crippen LogP contribution in [-0.2, 0) is 14.3 Å². The number of benzene rings is 2. The van der Waals surface area contributed by atoms with Crippen molar-refractivity contribution >= 4 is 18.0 Å². The van der Waals surface area contributed by atoms with E-state index in [-0.39, 0.29) is 38.0 Å². The summed E-state index contributed by atoms with van der Waals surface area (Å²) in [6.07, 6.45) is -6.20. The molecule has 7 nitrogen and oxygen atoms in total. The highest BCUT2D eigenvalue weighted by Crippen LogP contribution is 2.44. The minimum absolute atomic E-state index is 0.0251. The lowest BCUT2D eigenvalue weighted by molar-refractivity contribution is -0.176. The summed E-state index contributed by atoms with van der Waals surface area (Å²) in [5.74, 6) is -4.19. The molecule has 4 rings (SSSR count). The third-order valence-electron chi connectivity index (χ3n) is 6.77. The fraction of sp³-hybridized carbons (Fsp3) is 0.400. The number of hydrogen-bond acceptors (Lipinski definition) is 4. The summed E-state index contributed by atoms with van der Waals surface area (Å²) in [4.78, 5) is 37.3. The summed E-state index contributed by atoms with van der Waals surface area (Å²) in [6.45, 7) is 1.09. The molecule has 2 N–H and O–H groups in total. The molecule has 0 saturated carbocycles. The maximum absolute atomic E-state index is 13.7. The number of rotatable bonds is 5. The Labute approximate surface area is 199 Å². The van der Waals surface area contributed by atoms with Crippen molar-refractivity contribution in [3.05, 3.63) is 59.7 Å². The van der Waals surface area contributed by atoms with Crippen molar-refractivity contribution in [2.45, 2.75) is 31.5 Å². The first-order valence-corrected chi connectivity index (χ1v) is 11.3. The van der Waals surface area contributed by atoms with E-state index in [0.29, 0.717) is 0 Å². The molecular weight excluding hydrogens is 465 g/mol. The number of alkyl halides is 3. The highest BCUT2D eigenvalue weighted by atomic mass is 19.4. The second-order valence-electron chi connectivity index (χ2n) is 8.94. The van der Waals surface area contributed by atoms with Gasteiger partial charge in [0, 0.05) is 19.0 Å². The maximum atomic E-state index is 13.7. The fourth-order valence-electron chi connectivity index (χ4n) is 4.82. The quantitative estimate of drug-likeness (QED) is 0.660. The molecule has 10 heteroatoms. The first-order chi connectivity index (χ1) is 16.6. The van der Waals surface area contributed by atoms with Crippen LogP contribution >= 0.6 is 0 Å². The highest BCUT2D eigenvalue weighted by Gasteiger charge is 2.49. The number of fused-ring (bicyclic) bond motifs is 3. The number of halogens is 3. The molecule has 2 amide bonds. The summed E-state index contributed by atoms with van der Waals surface area (Å²) < 4.78 is 46.3. The normalized spacial score (nSPS) is 20.5. The molecule has 186 valence electrons. The highest BCUT2D eigenvalue weighted by molar-refractivity contribution is 5.87. The average molecular weight is 490 g/mol. The van der Waals surface area contributed by atoms with Gasteiger partial charge in [-0.15, -0.1) is 0 Å². The van der Waals surface area contributed by atoms with Crippen LogP contribution in [0.2, 0.25) is 0 Å². The zero-order valence-corrected chi connectivity index (χ0v) is 18.9. The Kier molecular flexibility index (Phi) is 6.73. The van der Waals surface area contributed by atoms with Crippen molar-refractivity contribution in [2.75, 3.05) is 19.7 Å². The maximum Gasteiger partial charge on any atom is 0.417 e. The molecule has 1 fully saturated rings. The number of piperidine rings is 1. The second-order valence-corrected chi connectivity index (χ2v) is 8.94. The van der Waals surface area contributed by atoms with E-state index in [9.17, 15) is 32.7 Å². The number of ether oxygens (including phenoxy) is 1. The van der Waals surface area contributed by atoms with Gasteiger partial charge in [0.2, 0.25) is 6.04 Å². The Morgan fingerprint density at radius 1 is 1.09 bits per heavy atom. The molecule has 1 heterocycles. The molecule has 1 aliphatic carbocycles. The Morgan fingerprint density at radius 3 is 2.20 bits per heavy atom. The van der Waals surface area contributed by atoms with Gasteiger partial charge in [-0.25, -0.2) is 4.79 Å². The van der Waals surface area contributed by atoms with Crippen molar-refractivity contribution < 1.29 is 37.4 Å². The van der Waals surface area contributed by atoms with Gasteiger partial charge < -0.3 is 20.1 Å². The van der Waals surface area contributed by atoms with Gasteiger partial charge in [0.1, 0.15) is 6.61 Å². The van der Waals surface area contributed by atoms with Crippen LogP contribution in [-0.4, -0.2) is 59.9 Å². The van der Waals surface area contributed by atoms with Gasteiger partial charge in [0.05, 0.1) is 5.92 Å². The summed E-state index contributed by atoms with van der Waals surface area (Å²) in [6, 6.07) is 12.2. The predicted octanol–water partition coefficient (Wildman–Crippen LogP) is 4.03. The Bertz CT molecular complexity index is 1090. The minimum Gasteiger partial charge on any atom is -0.481 e. The lowest BCUT2D eigenvalue weighted by atomic mass is 9.87. The average Bonchev–Trinajstić information content (AvgIpc) is 3.14. The Balaban J connectivity index is 1.45. The molecule has 3 unspecified atom stereocenters. The van der Waals surface area contributed by atoms with Crippen molar-refractivity contribution in [2.24, 2.45) is 11.8 Å². The van der Waals surface area contributed by atoms with Gasteiger partial charge in [-0.3, -0.25) is 9.59 Å². The molecule has 1 saturated heterocycles. The van der Waals surface area contributed by atoms with Gasteiger partial charge >= 0.3 is 18.2 Å². The van der Waals surface area contributed by atoms with Crippen molar-refractivity contribution in [1.29, 1.82) is 0 Å². The molecule has 0 aromatic heterocycles. The SMILES string of the molecule is CC1CCN(C(=O)C(NC(=O)OCC2c3ccccc3-c3ccccc32)C(F)(F)F)CC1C(=O)O. The predicted molar refractivity (Wildman–Crippen MR) is 120 cm³/mol. The van der Waals surface area contributed by atoms with Crippen LogP contribution in [0.15, 0.2) is 48.5 Å². The Hall–Kier alpha value is -3.56. The monoisotopic (exact) mass is 490 g/mol. The van der Waals surface area contributed by atoms with Gasteiger partial charge in [0.15, 0.2) is 0 Å². The summed E-state index contributed by atoms with van der Waals surface area (Å²) >= 11 is 0. The van der Waals surface area contributed by atoms with E-state index >= 15 is 0 Å². The number of carboxylic acid groups (broad SMARTS) is 1. The molecule has 2 aromatic rings. The van der Waals surface area contributed by atoms with Crippen molar-refractivity contribution in [3.8, 4) is 11.1 Å². The number of nitrogens with one attached hydrogen (secondary N) is 1. The Morgan fingerprint density at radius 2 is 1.66 bits per heavy atom. The third-order valence-corrected chi connectivity index (χ3v) is 6.77. The van der Waals surface area contributed by atoms with Crippen LogP contribution in [0.5, 0.6) is 0 Å². The minimum atomic E-state index is -5.08. The molecule has 1 aliphatic heterocycles. The largest absolute Gasteiger partial charge is 0.481 e. The smallest absolute Gasteiger partial charge is 0.417 e. The van der Waals surface area contributed by atoms with Crippen LogP contribution < -0.4 is 5.32 Å². The first-order valence-electron chi connectivity index (χ1n) is 11.3. The van der Waals surface area contributed by atoms with Crippen LogP contribution in [0.4, 0.5) is 18.0 Å². The van der Waals surface area contributed by atoms with Gasteiger partial charge in [-0.1, -0.05) is 55.5 Å². The summed E-state index contributed by atoms with van der Waals surface area (Å²) in [7, 11) is 0. The first kappa shape index (κ1) is 24.6. The topological polar surface area (TPSA) is 95.9 Å². The standard InChI is InChI=1S/C25H25F3N2O5/c1-14-10-11-30(12-19(14)23(32)33)22(31)21(25(26,27)28)29-24(34)35-13-20-17-8-4-2-6-15(17)16-7-3-5-9-18(16)20/h2-9,14,19-21H,10-13H2,1H3,(H,29,34)(H,32,33). The van der Waals surface area contributed by atoms with Crippen LogP contribution in [0.3, 0.4) is 0 Å². The lowest BCUT2D eigenvalue weighted by Gasteiger charge is -2.37. The van der Waals surface area contributed by atoms with Crippen molar-refractivity contribution in [1.82, 2.24) is 10.2 Å². The number of alkyl carbamates (subject to hydrolysis) is 1. The molecule has 0 bridgehead atoms. The summed E-state index contributed by atoms with van der Waals surface area (Å²) in [5.41, 5.74) is 3.72. The molecule has 0 radical (unpaired) electrons. The van der Waals surface area contributed by atoms with E-state index in [1.807, 2.05) is 48.5 Å². The van der Waals surface area contributed by atoms with Gasteiger partial charge in [-0.05, 0) is 34.6 Å². The molecule has 2 aromatic carbocycles. The van der Waals surface area contributed by atoms with Crippen LogP contribution in [0, 0.1) is 11.8 Å². The number of carbonyl (C=O) groups is 3. The van der Waals surface area contributed by atoms with Crippen LogP contribution in [0.1, 0.15) is 30.4 Å². The van der Waals surface area contributed by atoms with E-state index in [0.717, 1.165) is 27.2 Å². The van der Waals surface area contributed by atoms with Crippen molar-refractivity contribution in [3.63, 3.8) is 0 Å². The van der Waals surface area contributed by atoms with E-state index in [2.05, 4.69) is 0 Å². The number of amides is 2. The molecule has 0 spiro atoms. The molecular formula is C25H25F3N2O5. The van der Waals surface area contributed by atoms with E-state index in [4.69, 9.17) is 4.74 Å². The number of aliphatic carboxylic acids is 1. The van der Waals surface area contributed by atoms with E-state index < -0.39 is 36.1 Å². The number of likely N-dealkylation sites (tertiary alicyclic amines) is 1. The van der Waals surface area contributed by atoms with Gasteiger partial charge in [0.25, 0.3) is 5.91 Å². The number of hydrogen-bond donors (Lipinski definition) is 2. The zero-order valence-electron chi connectivity index (χ0n) is 18.9. The molecule has 35 heavy (non-hydrogen) atoms. The third kappa shape index (κ3) is 4.96. The summed E-state index contributed by atoms with van der Waals surface area (Å²) in [5, 5.41) is 11.0. The van der Waals surface area contributed by atoms with E-state index in [1.165, 1.54) is 0 Å². The number of nitrogens with zero attached hydrogens (tertiary/aromatic N) is 1. The molecule has 2 aliphatic rings. The fourth-order valence-corrected chi connectivity index (χ4v) is 4.82. The van der Waals surface area contributed by atoms with Crippen LogP contribution in [0.25, 0.3) is 11.1 Å².